The maximum absolute atomic E-state index is 5.43. The normalized spacial score (nSPS) is 12.3. The molecule has 2 aliphatic heterocycles. The Kier molecular flexibility index (Phi) is 18.4. The zero-order chi connectivity index (χ0) is 45.7. The lowest BCUT2D eigenvalue weighted by Crippen LogP contribution is -2.10. The van der Waals surface area contributed by atoms with Crippen molar-refractivity contribution >= 4 is 10.9 Å². The van der Waals surface area contributed by atoms with Gasteiger partial charge in [0.05, 0.1) is 18.3 Å². The summed E-state index contributed by atoms with van der Waals surface area (Å²) in [6, 6.07) is 49.1. The molecular weight excluding hydrogens is 785 g/mol. The van der Waals surface area contributed by atoms with Gasteiger partial charge >= 0.3 is 0 Å². The van der Waals surface area contributed by atoms with E-state index in [1.54, 1.807) is 0 Å². The van der Waals surface area contributed by atoms with Crippen LogP contribution in [0.2, 0.25) is 0 Å². The van der Waals surface area contributed by atoms with E-state index >= 15 is 0 Å². The zero-order valence-electron chi connectivity index (χ0n) is 40.3. The van der Waals surface area contributed by atoms with E-state index in [1.165, 1.54) is 55.4 Å². The van der Waals surface area contributed by atoms with Gasteiger partial charge in [0, 0.05) is 18.9 Å². The molecule has 0 aliphatic carbocycles. The SMILES string of the molecule is C.CC(C)(C)c1ccc(-c2ccccc2)cc1.CC(C)(C)c1ccccc1.CC(C)c1ccc2c(c1)CCO2.CC(C)c1ccc2c(c1)OCO2.CC(C)c1ccc2c(cnn2C)c1. The third kappa shape index (κ3) is 14.6. The summed E-state index contributed by atoms with van der Waals surface area (Å²) >= 11 is 0. The first-order chi connectivity index (χ1) is 29.9. The fourth-order valence-electron chi connectivity index (χ4n) is 7.11. The summed E-state index contributed by atoms with van der Waals surface area (Å²) < 4.78 is 17.8. The van der Waals surface area contributed by atoms with Crippen LogP contribution < -0.4 is 14.2 Å². The highest BCUT2D eigenvalue weighted by Crippen LogP contribution is 2.34. The third-order valence-electron chi connectivity index (χ3n) is 11.4. The second kappa shape index (κ2) is 23.2. The fourth-order valence-corrected chi connectivity index (χ4v) is 7.11. The summed E-state index contributed by atoms with van der Waals surface area (Å²) in [6.07, 6.45) is 3.00. The molecule has 0 unspecified atom stereocenters. The Morgan fingerprint density at radius 1 is 0.500 bits per heavy atom. The van der Waals surface area contributed by atoms with Gasteiger partial charge < -0.3 is 14.2 Å². The molecule has 9 rings (SSSR count). The summed E-state index contributed by atoms with van der Waals surface area (Å²) in [7, 11) is 1.97. The number of nitrogens with zero attached hydrogens (tertiary/aromatic N) is 2. The minimum atomic E-state index is 0. The van der Waals surface area contributed by atoms with Crippen LogP contribution in [-0.4, -0.2) is 23.2 Å². The van der Waals surface area contributed by atoms with Crippen molar-refractivity contribution < 1.29 is 14.2 Å². The van der Waals surface area contributed by atoms with Crippen molar-refractivity contribution in [1.29, 1.82) is 0 Å². The van der Waals surface area contributed by atoms with Gasteiger partial charge in [0.2, 0.25) is 6.79 Å². The van der Waals surface area contributed by atoms with E-state index in [9.17, 15) is 0 Å². The van der Waals surface area contributed by atoms with Gasteiger partial charge in [-0.3, -0.25) is 4.68 Å². The second-order valence-electron chi connectivity index (χ2n) is 19.4. The van der Waals surface area contributed by atoms with Gasteiger partial charge in [-0.25, -0.2) is 0 Å². The van der Waals surface area contributed by atoms with Gasteiger partial charge in [-0.05, 0) is 103 Å². The Hall–Kier alpha value is -5.81. The summed E-state index contributed by atoms with van der Waals surface area (Å²) in [6.45, 7) is 27.8. The maximum Gasteiger partial charge on any atom is 0.231 e. The van der Waals surface area contributed by atoms with Crippen LogP contribution in [0.1, 0.15) is 142 Å². The number of aromatic nitrogens is 2. The maximum atomic E-state index is 5.43. The van der Waals surface area contributed by atoms with Crippen LogP contribution in [0.3, 0.4) is 0 Å². The molecule has 0 N–H and O–H groups in total. The predicted octanol–water partition coefficient (Wildman–Crippen LogP) is 16.3. The van der Waals surface area contributed by atoms with Crippen molar-refractivity contribution in [2.45, 2.75) is 126 Å². The lowest BCUT2D eigenvalue weighted by Gasteiger charge is -2.19. The standard InChI is InChI=1S/C16H18.C11H14N2.C11H14O.C10H12O2.C10H14.CH4/c1-16(2,3)15-11-9-14(10-12-15)13-7-5-4-6-8-13;1-8(2)9-4-5-11-10(6-9)7-12-13(11)3;1-8(2)9-3-4-11-10(7-9)5-6-12-11;1-7(2)8-3-4-9-10(5-8)12-6-11-9;1-10(2,3)9-7-5-4-6-8-9;/h4-12H,1-3H3;4-8H,1-3H3;3-4,7-8H,5-6H2,1-2H3;3-5,7H,6H2,1-2H3;4-8H,1-3H3;1H4. The van der Waals surface area contributed by atoms with Gasteiger partial charge in [0.1, 0.15) is 5.75 Å². The molecule has 0 atom stereocenters. The minimum Gasteiger partial charge on any atom is -0.493 e. The molecule has 1 aromatic heterocycles. The number of ether oxygens (including phenoxy) is 3. The second-order valence-corrected chi connectivity index (χ2v) is 19.4. The van der Waals surface area contributed by atoms with E-state index in [0.717, 1.165) is 30.3 Å². The molecule has 6 aromatic carbocycles. The van der Waals surface area contributed by atoms with Crippen molar-refractivity contribution in [2.75, 3.05) is 13.4 Å². The molecule has 5 heteroatoms. The topological polar surface area (TPSA) is 45.5 Å². The van der Waals surface area contributed by atoms with Crippen molar-refractivity contribution in [2.24, 2.45) is 7.05 Å². The molecule has 340 valence electrons. The summed E-state index contributed by atoms with van der Waals surface area (Å²) in [5, 5.41) is 5.44. The smallest absolute Gasteiger partial charge is 0.231 e. The molecule has 3 heterocycles. The van der Waals surface area contributed by atoms with Crippen LogP contribution in [0.5, 0.6) is 17.2 Å². The Labute approximate surface area is 386 Å². The van der Waals surface area contributed by atoms with Crippen LogP contribution in [0.4, 0.5) is 0 Å². The lowest BCUT2D eigenvalue weighted by molar-refractivity contribution is 0.174. The molecule has 0 radical (unpaired) electrons. The molecule has 0 bridgehead atoms. The van der Waals surface area contributed by atoms with Gasteiger partial charge in [-0.2, -0.15) is 5.10 Å². The predicted molar refractivity (Wildman–Crippen MR) is 274 cm³/mol. The number of hydrogen-bond donors (Lipinski definition) is 0. The van der Waals surface area contributed by atoms with Crippen molar-refractivity contribution in [3.63, 3.8) is 0 Å². The van der Waals surface area contributed by atoms with Crippen molar-refractivity contribution in [1.82, 2.24) is 9.78 Å². The molecular formula is C59H76N2O3. The first kappa shape index (κ1) is 50.8. The van der Waals surface area contributed by atoms with E-state index in [2.05, 4.69) is 210 Å². The molecule has 0 spiro atoms. The highest BCUT2D eigenvalue weighted by Gasteiger charge is 2.16. The minimum absolute atomic E-state index is 0. The summed E-state index contributed by atoms with van der Waals surface area (Å²) in [5.41, 5.74) is 12.5. The Balaban J connectivity index is 0.000000176. The average molecular weight is 861 g/mol. The van der Waals surface area contributed by atoms with E-state index in [-0.39, 0.29) is 12.8 Å². The quantitative estimate of drug-likeness (QED) is 0.177. The average Bonchev–Trinajstić information content (AvgIpc) is 4.04. The molecule has 5 nitrogen and oxygen atoms in total. The number of fused-ring (bicyclic) bond motifs is 3. The molecule has 0 saturated carbocycles. The molecule has 7 aromatic rings. The van der Waals surface area contributed by atoms with Crippen LogP contribution in [0.15, 0.2) is 146 Å². The molecule has 0 fully saturated rings. The van der Waals surface area contributed by atoms with E-state index in [1.807, 2.05) is 36.1 Å². The highest BCUT2D eigenvalue weighted by molar-refractivity contribution is 5.79. The summed E-state index contributed by atoms with van der Waals surface area (Å²) in [5.74, 6) is 4.57. The first-order valence-electron chi connectivity index (χ1n) is 22.7. The van der Waals surface area contributed by atoms with Gasteiger partial charge in [0.15, 0.2) is 11.5 Å². The number of benzene rings is 6. The summed E-state index contributed by atoms with van der Waals surface area (Å²) in [4.78, 5) is 0. The number of hydrogen-bond acceptors (Lipinski definition) is 4. The third-order valence-corrected chi connectivity index (χ3v) is 11.4. The Morgan fingerprint density at radius 3 is 1.55 bits per heavy atom. The van der Waals surface area contributed by atoms with Crippen molar-refractivity contribution in [3.05, 3.63) is 179 Å². The first-order valence-corrected chi connectivity index (χ1v) is 22.7. The van der Waals surface area contributed by atoms with E-state index in [4.69, 9.17) is 14.2 Å². The van der Waals surface area contributed by atoms with Crippen LogP contribution in [-0.2, 0) is 24.3 Å². The Morgan fingerprint density at radius 2 is 0.984 bits per heavy atom. The molecule has 0 amide bonds. The van der Waals surface area contributed by atoms with E-state index < -0.39 is 0 Å². The number of aryl methyl sites for hydroxylation is 1. The van der Waals surface area contributed by atoms with Gasteiger partial charge in [-0.15, -0.1) is 0 Å². The van der Waals surface area contributed by atoms with Crippen LogP contribution >= 0.6 is 0 Å². The monoisotopic (exact) mass is 861 g/mol. The van der Waals surface area contributed by atoms with Gasteiger partial charge in [-0.1, -0.05) is 200 Å². The number of rotatable bonds is 4. The van der Waals surface area contributed by atoms with Crippen LogP contribution in [0.25, 0.3) is 22.0 Å². The highest BCUT2D eigenvalue weighted by atomic mass is 16.7. The molecule has 0 saturated heterocycles. The molecule has 64 heavy (non-hydrogen) atoms. The van der Waals surface area contributed by atoms with Gasteiger partial charge in [0.25, 0.3) is 0 Å². The fraction of sp³-hybridized carbons (Fsp3) is 0.373. The zero-order valence-corrected chi connectivity index (χ0v) is 40.3. The molecule has 2 aliphatic rings. The van der Waals surface area contributed by atoms with E-state index in [0.29, 0.717) is 30.0 Å². The largest absolute Gasteiger partial charge is 0.493 e. The van der Waals surface area contributed by atoms with Crippen LogP contribution in [0, 0.1) is 0 Å². The lowest BCUT2D eigenvalue weighted by atomic mass is 9.86. The van der Waals surface area contributed by atoms with Crippen molar-refractivity contribution in [3.8, 4) is 28.4 Å². The Bertz CT molecular complexity index is 2390.